The Morgan fingerprint density at radius 1 is 0.882 bits per heavy atom. The number of hydrogen-bond donors (Lipinski definition) is 0. The Kier molecular flexibility index (Phi) is 3.44. The van der Waals surface area contributed by atoms with Gasteiger partial charge in [0.15, 0.2) is 0 Å². The molecule has 0 aliphatic carbocycles. The Morgan fingerprint density at radius 2 is 1.29 bits per heavy atom. The van der Waals surface area contributed by atoms with E-state index < -0.39 is 35.6 Å². The van der Waals surface area contributed by atoms with Crippen LogP contribution in [0.1, 0.15) is 16.7 Å². The average molecular weight is 257 g/mol. The zero-order valence-corrected chi connectivity index (χ0v) is 8.06. The van der Waals surface area contributed by atoms with Crippen molar-refractivity contribution in [3.8, 4) is 0 Å². The van der Waals surface area contributed by atoms with Gasteiger partial charge < -0.3 is 0 Å². The molecule has 0 N–H and O–H groups in total. The van der Waals surface area contributed by atoms with Crippen molar-refractivity contribution < 1.29 is 26.3 Å². The van der Waals surface area contributed by atoms with Crippen LogP contribution in [0.15, 0.2) is 23.4 Å². The first-order valence-corrected chi connectivity index (χ1v) is 4.22. The molecule has 0 spiro atoms. The van der Waals surface area contributed by atoms with Crippen LogP contribution in [0.5, 0.6) is 0 Å². The molecule has 1 aromatic rings. The van der Waals surface area contributed by atoms with E-state index in [-0.39, 0.29) is 6.07 Å². The summed E-state index contributed by atoms with van der Waals surface area (Å²) < 4.78 is 73.8. The lowest BCUT2D eigenvalue weighted by Gasteiger charge is -2.12. The monoisotopic (exact) mass is 257 g/mol. The Balaban J connectivity index is 3.34. The summed E-state index contributed by atoms with van der Waals surface area (Å²) in [5.41, 5.74) is -3.33. The third kappa shape index (κ3) is 3.43. The number of benzene rings is 1. The van der Waals surface area contributed by atoms with Gasteiger partial charge in [0.25, 0.3) is 0 Å². The predicted molar refractivity (Wildman–Crippen MR) is 45.9 cm³/mol. The Bertz CT molecular complexity index is 390. The molecule has 2 nitrogen and oxygen atoms in total. The van der Waals surface area contributed by atoms with E-state index in [4.69, 9.17) is 0 Å². The Morgan fingerprint density at radius 3 is 1.59 bits per heavy atom. The van der Waals surface area contributed by atoms with E-state index in [0.29, 0.717) is 12.1 Å². The molecule has 0 saturated heterocycles. The second-order valence-corrected chi connectivity index (χ2v) is 3.20. The van der Waals surface area contributed by atoms with Crippen molar-refractivity contribution in [3.63, 3.8) is 0 Å². The van der Waals surface area contributed by atoms with Gasteiger partial charge in [-0.25, -0.2) is 0 Å². The molecule has 0 aliphatic rings. The fourth-order valence-corrected chi connectivity index (χ4v) is 1.19. The van der Waals surface area contributed by atoms with E-state index in [9.17, 15) is 31.2 Å². The molecule has 0 atom stereocenters. The quantitative estimate of drug-likeness (QED) is 0.581. The number of rotatable bonds is 2. The molecular weight excluding hydrogens is 252 g/mol. The zero-order chi connectivity index (χ0) is 13.3. The molecule has 0 radical (unpaired) electrons. The second-order valence-electron chi connectivity index (χ2n) is 3.20. The molecule has 0 aliphatic heterocycles. The lowest BCUT2D eigenvalue weighted by atomic mass is 10.0. The van der Waals surface area contributed by atoms with Crippen molar-refractivity contribution in [2.24, 2.45) is 5.18 Å². The summed E-state index contributed by atoms with van der Waals surface area (Å²) >= 11 is 0. The molecule has 0 bridgehead atoms. The molecule has 17 heavy (non-hydrogen) atoms. The maximum Gasteiger partial charge on any atom is 0.416 e. The maximum atomic E-state index is 12.3. The van der Waals surface area contributed by atoms with Gasteiger partial charge in [0.1, 0.15) is 6.54 Å². The lowest BCUT2D eigenvalue weighted by molar-refractivity contribution is -0.143. The first-order valence-electron chi connectivity index (χ1n) is 4.22. The fourth-order valence-electron chi connectivity index (χ4n) is 1.19. The first-order chi connectivity index (χ1) is 7.64. The number of nitrogens with zero attached hydrogens (tertiary/aromatic N) is 1. The van der Waals surface area contributed by atoms with E-state index in [1.807, 2.05) is 0 Å². The van der Waals surface area contributed by atoms with E-state index in [0.717, 1.165) is 0 Å². The lowest BCUT2D eigenvalue weighted by Crippen LogP contribution is -2.11. The van der Waals surface area contributed by atoms with Gasteiger partial charge in [-0.3, -0.25) is 0 Å². The summed E-state index contributed by atoms with van der Waals surface area (Å²) in [6.07, 6.45) is -9.81. The molecule has 8 heteroatoms. The highest BCUT2D eigenvalue weighted by atomic mass is 19.4. The highest BCUT2D eigenvalue weighted by Gasteiger charge is 2.36. The second kappa shape index (κ2) is 4.34. The smallest absolute Gasteiger partial charge is 0.166 e. The predicted octanol–water partition coefficient (Wildman–Crippen LogP) is 3.99. The first kappa shape index (κ1) is 13.5. The normalized spacial score (nSPS) is 12.6. The summed E-state index contributed by atoms with van der Waals surface area (Å²) in [6, 6.07) is 0.932. The van der Waals surface area contributed by atoms with Crippen LogP contribution in [0.4, 0.5) is 26.3 Å². The van der Waals surface area contributed by atoms with Gasteiger partial charge in [-0.1, -0.05) is 5.18 Å². The molecule has 0 unspecified atom stereocenters. The maximum absolute atomic E-state index is 12.3. The minimum absolute atomic E-state index is 0.00565. The fraction of sp³-hybridized carbons (Fsp3) is 0.333. The van der Waals surface area contributed by atoms with Crippen molar-refractivity contribution >= 4 is 0 Å². The number of hydrogen-bond acceptors (Lipinski definition) is 2. The highest BCUT2D eigenvalue weighted by Crippen LogP contribution is 2.36. The van der Waals surface area contributed by atoms with Crippen molar-refractivity contribution in [2.45, 2.75) is 18.9 Å². The zero-order valence-electron chi connectivity index (χ0n) is 8.06. The number of alkyl halides is 6. The topological polar surface area (TPSA) is 29.4 Å². The van der Waals surface area contributed by atoms with Crippen LogP contribution < -0.4 is 0 Å². The molecule has 94 valence electrons. The van der Waals surface area contributed by atoms with Crippen molar-refractivity contribution in [3.05, 3.63) is 39.8 Å². The van der Waals surface area contributed by atoms with Gasteiger partial charge in [0, 0.05) is 0 Å². The van der Waals surface area contributed by atoms with E-state index in [1.54, 1.807) is 0 Å². The van der Waals surface area contributed by atoms with Crippen LogP contribution in [-0.4, -0.2) is 0 Å². The van der Waals surface area contributed by atoms with Crippen LogP contribution >= 0.6 is 0 Å². The van der Waals surface area contributed by atoms with Crippen LogP contribution in [0.25, 0.3) is 0 Å². The minimum atomic E-state index is -4.90. The Labute approximate surface area is 91.2 Å². The largest absolute Gasteiger partial charge is 0.416 e. The summed E-state index contributed by atoms with van der Waals surface area (Å²) in [6.45, 7) is -0.743. The van der Waals surface area contributed by atoms with Crippen molar-refractivity contribution in [1.29, 1.82) is 0 Å². The van der Waals surface area contributed by atoms with Gasteiger partial charge in [0.05, 0.1) is 11.1 Å². The molecule has 1 rings (SSSR count). The van der Waals surface area contributed by atoms with Crippen LogP contribution in [-0.2, 0) is 18.9 Å². The summed E-state index contributed by atoms with van der Waals surface area (Å²) in [5.74, 6) is 0. The average Bonchev–Trinajstić information content (AvgIpc) is 2.15. The van der Waals surface area contributed by atoms with Crippen LogP contribution in [0.2, 0.25) is 0 Å². The molecule has 0 fully saturated rings. The third-order valence-electron chi connectivity index (χ3n) is 1.89. The SMILES string of the molecule is O=NCc1cc(C(F)(F)F)cc(C(F)(F)F)c1. The summed E-state index contributed by atoms with van der Waals surface area (Å²) in [5, 5.41) is 2.27. The van der Waals surface area contributed by atoms with Gasteiger partial charge in [-0.15, -0.1) is 0 Å². The Hall–Kier alpha value is -1.60. The van der Waals surface area contributed by atoms with Crippen LogP contribution in [0.3, 0.4) is 0 Å². The van der Waals surface area contributed by atoms with E-state index in [1.165, 1.54) is 0 Å². The van der Waals surface area contributed by atoms with Gasteiger partial charge in [-0.2, -0.15) is 31.2 Å². The molecule has 0 amide bonds. The molecular formula is C9H5F6NO. The van der Waals surface area contributed by atoms with Gasteiger partial charge in [0.2, 0.25) is 0 Å². The van der Waals surface area contributed by atoms with Gasteiger partial charge >= 0.3 is 12.4 Å². The minimum Gasteiger partial charge on any atom is -0.166 e. The van der Waals surface area contributed by atoms with E-state index in [2.05, 4.69) is 5.18 Å². The number of nitroso groups, excluding NO2 is 1. The summed E-state index contributed by atoms with van der Waals surface area (Å²) in [7, 11) is 0. The molecule has 1 aromatic carbocycles. The van der Waals surface area contributed by atoms with Crippen molar-refractivity contribution in [2.75, 3.05) is 0 Å². The highest BCUT2D eigenvalue weighted by molar-refractivity contribution is 5.33. The van der Waals surface area contributed by atoms with Crippen LogP contribution in [0, 0.1) is 4.91 Å². The van der Waals surface area contributed by atoms with Gasteiger partial charge in [-0.05, 0) is 23.8 Å². The molecule has 0 saturated carbocycles. The molecule has 0 heterocycles. The summed E-state index contributed by atoms with van der Waals surface area (Å²) in [4.78, 5) is 9.88. The molecule has 0 aromatic heterocycles. The standard InChI is InChI=1S/C9H5F6NO/c10-8(11,12)6-1-5(4-16-17)2-7(3-6)9(13,14)15/h1-3H,4H2. The number of halogens is 6. The van der Waals surface area contributed by atoms with E-state index >= 15 is 0 Å². The van der Waals surface area contributed by atoms with Crippen molar-refractivity contribution in [1.82, 2.24) is 0 Å². The third-order valence-corrected chi connectivity index (χ3v) is 1.89.